The summed E-state index contributed by atoms with van der Waals surface area (Å²) in [5.41, 5.74) is 2.04. The highest BCUT2D eigenvalue weighted by atomic mass is 16.5. The summed E-state index contributed by atoms with van der Waals surface area (Å²) in [5, 5.41) is 15.9. The van der Waals surface area contributed by atoms with Gasteiger partial charge >= 0.3 is 6.09 Å². The lowest BCUT2D eigenvalue weighted by molar-refractivity contribution is 0.156. The van der Waals surface area contributed by atoms with Crippen molar-refractivity contribution in [2.24, 2.45) is 0 Å². The molecule has 0 saturated heterocycles. The summed E-state index contributed by atoms with van der Waals surface area (Å²) in [4.78, 5) is 11.1. The smallest absolute Gasteiger partial charge is 0.411 e. The number of amides is 1. The molecule has 0 heterocycles. The molecule has 0 radical (unpaired) electrons. The van der Waals surface area contributed by atoms with E-state index in [-0.39, 0.29) is 5.54 Å². The Morgan fingerprint density at radius 1 is 1.30 bits per heavy atom. The van der Waals surface area contributed by atoms with E-state index in [1.807, 2.05) is 24.3 Å². The zero-order valence-electron chi connectivity index (χ0n) is 14.4. The highest BCUT2D eigenvalue weighted by Gasteiger charge is 2.12. The molecule has 0 bridgehead atoms. The van der Waals surface area contributed by atoms with Gasteiger partial charge in [0.25, 0.3) is 0 Å². The van der Waals surface area contributed by atoms with Gasteiger partial charge < -0.3 is 15.2 Å². The van der Waals surface area contributed by atoms with E-state index in [9.17, 15) is 9.90 Å². The Morgan fingerprint density at radius 3 is 2.52 bits per heavy atom. The van der Waals surface area contributed by atoms with E-state index in [4.69, 9.17) is 4.74 Å². The normalized spacial score (nSPS) is 13.1. The number of hydrogen-bond donors (Lipinski definition) is 3. The second-order valence-corrected chi connectivity index (χ2v) is 6.43. The number of benzene rings is 1. The number of nitrogens with one attached hydrogen (secondary N) is 2. The first-order valence-electron chi connectivity index (χ1n) is 7.92. The maximum absolute atomic E-state index is 11.1. The van der Waals surface area contributed by atoms with Crippen molar-refractivity contribution in [1.82, 2.24) is 10.6 Å². The Bertz CT molecular complexity index is 504. The van der Waals surface area contributed by atoms with E-state index in [1.165, 1.54) is 0 Å². The van der Waals surface area contributed by atoms with E-state index < -0.39 is 12.2 Å². The summed E-state index contributed by atoms with van der Waals surface area (Å²) < 4.78 is 4.75. The first-order valence-corrected chi connectivity index (χ1v) is 7.92. The molecule has 0 spiro atoms. The van der Waals surface area contributed by atoms with E-state index >= 15 is 0 Å². The number of rotatable bonds is 7. The number of aliphatic hydroxyl groups excluding tert-OH is 1. The van der Waals surface area contributed by atoms with Crippen LogP contribution in [0.3, 0.4) is 0 Å². The number of hydrogen-bond acceptors (Lipinski definition) is 4. The van der Waals surface area contributed by atoms with Crippen LogP contribution in [0.2, 0.25) is 0 Å². The fourth-order valence-corrected chi connectivity index (χ4v) is 1.91. The van der Waals surface area contributed by atoms with Crippen molar-refractivity contribution in [3.63, 3.8) is 0 Å². The van der Waals surface area contributed by atoms with Crippen molar-refractivity contribution in [3.05, 3.63) is 41.6 Å². The fourth-order valence-electron chi connectivity index (χ4n) is 1.91. The fraction of sp³-hybridized carbons (Fsp3) is 0.500. The van der Waals surface area contributed by atoms with E-state index in [0.717, 1.165) is 11.1 Å². The average molecular weight is 320 g/mol. The van der Waals surface area contributed by atoms with Crippen LogP contribution in [0.5, 0.6) is 0 Å². The molecule has 0 saturated carbocycles. The molecule has 1 unspecified atom stereocenters. The number of ether oxygens (including phenoxy) is 1. The molecule has 0 aliphatic heterocycles. The van der Waals surface area contributed by atoms with Gasteiger partial charge in [0.15, 0.2) is 0 Å². The molecular weight excluding hydrogens is 292 g/mol. The summed E-state index contributed by atoms with van der Waals surface area (Å²) in [6, 6.07) is 7.85. The molecule has 23 heavy (non-hydrogen) atoms. The van der Waals surface area contributed by atoms with Crippen molar-refractivity contribution >= 4 is 12.2 Å². The van der Waals surface area contributed by atoms with Gasteiger partial charge in [0.2, 0.25) is 0 Å². The molecular formula is C18H28N2O3. The third kappa shape index (κ3) is 9.01. The standard InChI is InChI=1S/C18H28N2O3/c1-5-23-17(22)19-11-10-14-6-8-15(9-7-14)12-16(21)13-20-18(2,3)4/h6-11,16,20-21H,5,12-13H2,1-4H3,(H,19,22). The molecule has 0 fully saturated rings. The van der Waals surface area contributed by atoms with Crippen molar-refractivity contribution in [2.45, 2.75) is 45.8 Å². The summed E-state index contributed by atoms with van der Waals surface area (Å²) >= 11 is 0. The minimum Gasteiger partial charge on any atom is -0.450 e. The van der Waals surface area contributed by atoms with E-state index in [1.54, 1.807) is 19.2 Å². The Balaban J connectivity index is 2.44. The minimum absolute atomic E-state index is 0.00154. The van der Waals surface area contributed by atoms with Crippen LogP contribution >= 0.6 is 0 Å². The molecule has 1 rings (SSSR count). The van der Waals surface area contributed by atoms with Gasteiger partial charge in [-0.2, -0.15) is 0 Å². The quantitative estimate of drug-likeness (QED) is 0.722. The summed E-state index contributed by atoms with van der Waals surface area (Å²) in [6.07, 6.45) is 3.07. The predicted octanol–water partition coefficient (Wildman–Crippen LogP) is 2.69. The molecule has 128 valence electrons. The van der Waals surface area contributed by atoms with Crippen molar-refractivity contribution < 1.29 is 14.6 Å². The van der Waals surface area contributed by atoms with Gasteiger partial charge in [-0.15, -0.1) is 0 Å². The van der Waals surface area contributed by atoms with Gasteiger partial charge in [0, 0.05) is 18.3 Å². The lowest BCUT2D eigenvalue weighted by atomic mass is 10.0. The van der Waals surface area contributed by atoms with Crippen LogP contribution < -0.4 is 10.6 Å². The first-order chi connectivity index (χ1) is 10.8. The number of β-amino-alcohol motifs (C(OH)–C–C–N with tert-alkyl or cyclic N) is 1. The molecule has 1 aromatic rings. The maximum atomic E-state index is 11.1. The van der Waals surface area contributed by atoms with Crippen molar-refractivity contribution in [1.29, 1.82) is 0 Å². The molecule has 5 heteroatoms. The van der Waals surface area contributed by atoms with Crippen LogP contribution in [0, 0.1) is 0 Å². The Kier molecular flexibility index (Phi) is 7.78. The van der Waals surface area contributed by atoms with Gasteiger partial charge in [-0.3, -0.25) is 5.32 Å². The van der Waals surface area contributed by atoms with E-state index in [2.05, 4.69) is 31.4 Å². The topological polar surface area (TPSA) is 70.6 Å². The molecule has 0 aliphatic rings. The minimum atomic E-state index is -0.463. The zero-order valence-corrected chi connectivity index (χ0v) is 14.4. The lowest BCUT2D eigenvalue weighted by Crippen LogP contribution is -2.41. The number of aliphatic hydroxyl groups is 1. The molecule has 3 N–H and O–H groups in total. The molecule has 0 aromatic heterocycles. The molecule has 0 aliphatic carbocycles. The second kappa shape index (κ2) is 9.33. The molecule has 1 atom stereocenters. The molecule has 1 amide bonds. The van der Waals surface area contributed by atoms with Crippen LogP contribution in [-0.4, -0.2) is 36.0 Å². The summed E-state index contributed by atoms with van der Waals surface area (Å²) in [5.74, 6) is 0. The van der Waals surface area contributed by atoms with Crippen LogP contribution in [0.15, 0.2) is 30.5 Å². The summed E-state index contributed by atoms with van der Waals surface area (Å²) in [7, 11) is 0. The molecule has 1 aromatic carbocycles. The summed E-state index contributed by atoms with van der Waals surface area (Å²) in [6.45, 7) is 8.89. The number of carbonyl (C=O) groups excluding carboxylic acids is 1. The van der Waals surface area contributed by atoms with E-state index in [0.29, 0.717) is 19.6 Å². The first kappa shape index (κ1) is 19.2. The zero-order chi connectivity index (χ0) is 17.3. The van der Waals surface area contributed by atoms with Crippen LogP contribution in [0.25, 0.3) is 6.08 Å². The maximum Gasteiger partial charge on any atom is 0.411 e. The Labute approximate surface area is 138 Å². The van der Waals surface area contributed by atoms with Crippen molar-refractivity contribution in [3.8, 4) is 0 Å². The number of alkyl carbamates (subject to hydrolysis) is 1. The average Bonchev–Trinajstić information content (AvgIpc) is 2.47. The van der Waals surface area contributed by atoms with Gasteiger partial charge in [-0.05, 0) is 51.3 Å². The SMILES string of the molecule is CCOC(=O)NC=Cc1ccc(CC(O)CNC(C)(C)C)cc1. The highest BCUT2D eigenvalue weighted by molar-refractivity contribution is 5.69. The van der Waals surface area contributed by atoms with Crippen molar-refractivity contribution in [2.75, 3.05) is 13.2 Å². The second-order valence-electron chi connectivity index (χ2n) is 6.43. The van der Waals surface area contributed by atoms with Gasteiger partial charge in [0.05, 0.1) is 12.7 Å². The molecule has 5 nitrogen and oxygen atoms in total. The third-order valence-electron chi connectivity index (χ3n) is 3.07. The highest BCUT2D eigenvalue weighted by Crippen LogP contribution is 2.09. The lowest BCUT2D eigenvalue weighted by Gasteiger charge is -2.22. The van der Waals surface area contributed by atoms with Gasteiger partial charge in [-0.1, -0.05) is 24.3 Å². The Hall–Kier alpha value is -1.85. The van der Waals surface area contributed by atoms with Crippen LogP contribution in [0.1, 0.15) is 38.8 Å². The Morgan fingerprint density at radius 2 is 1.96 bits per heavy atom. The van der Waals surface area contributed by atoms with Gasteiger partial charge in [-0.25, -0.2) is 4.79 Å². The van der Waals surface area contributed by atoms with Gasteiger partial charge in [0.1, 0.15) is 0 Å². The predicted molar refractivity (Wildman–Crippen MR) is 93.1 cm³/mol. The largest absolute Gasteiger partial charge is 0.450 e. The monoisotopic (exact) mass is 320 g/mol. The third-order valence-corrected chi connectivity index (χ3v) is 3.07. The van der Waals surface area contributed by atoms with Crippen LogP contribution in [0.4, 0.5) is 4.79 Å². The number of carbonyl (C=O) groups is 1. The van der Waals surface area contributed by atoms with Crippen LogP contribution in [-0.2, 0) is 11.2 Å².